The van der Waals surface area contributed by atoms with Gasteiger partial charge < -0.3 is 20.6 Å². The molecular weight excluding hydrogens is 459 g/mol. The maximum Gasteiger partial charge on any atom is 0.416 e. The third kappa shape index (κ3) is 6.54. The molecule has 9 heteroatoms. The predicted octanol–water partition coefficient (Wildman–Crippen LogP) is 4.31. The molecule has 6 nitrogen and oxygen atoms in total. The van der Waals surface area contributed by atoms with Crippen LogP contribution in [0.15, 0.2) is 54.6 Å². The number of benzene rings is 2. The van der Waals surface area contributed by atoms with Crippen molar-refractivity contribution in [1.29, 1.82) is 0 Å². The van der Waals surface area contributed by atoms with E-state index in [-0.39, 0.29) is 36.0 Å². The summed E-state index contributed by atoms with van der Waals surface area (Å²) in [7, 11) is 0. The Labute approximate surface area is 202 Å². The van der Waals surface area contributed by atoms with Crippen LogP contribution in [-0.2, 0) is 6.18 Å². The summed E-state index contributed by atoms with van der Waals surface area (Å²) < 4.78 is 39.1. The van der Waals surface area contributed by atoms with Crippen LogP contribution >= 0.6 is 0 Å². The molecule has 3 amide bonds. The van der Waals surface area contributed by atoms with Gasteiger partial charge in [0.25, 0.3) is 5.91 Å². The second-order valence-electron chi connectivity index (χ2n) is 9.45. The zero-order valence-electron chi connectivity index (χ0n) is 19.3. The topological polar surface area (TPSA) is 81.7 Å². The van der Waals surface area contributed by atoms with Gasteiger partial charge in [-0.3, -0.25) is 4.79 Å². The molecule has 35 heavy (non-hydrogen) atoms. The van der Waals surface area contributed by atoms with E-state index in [9.17, 15) is 27.9 Å². The number of alkyl halides is 3. The molecule has 0 radical (unpaired) electrons. The van der Waals surface area contributed by atoms with Crippen molar-refractivity contribution < 1.29 is 27.9 Å². The van der Waals surface area contributed by atoms with E-state index in [4.69, 9.17) is 0 Å². The van der Waals surface area contributed by atoms with Crippen molar-refractivity contribution in [1.82, 2.24) is 15.5 Å². The minimum atomic E-state index is -4.42. The average molecular weight is 490 g/mol. The van der Waals surface area contributed by atoms with Gasteiger partial charge in [-0.05, 0) is 61.9 Å². The van der Waals surface area contributed by atoms with E-state index in [0.717, 1.165) is 12.1 Å². The van der Waals surface area contributed by atoms with Crippen LogP contribution < -0.4 is 10.6 Å². The van der Waals surface area contributed by atoms with Crippen molar-refractivity contribution in [2.24, 2.45) is 0 Å². The second kappa shape index (κ2) is 10.7. The maximum absolute atomic E-state index is 13.1. The summed E-state index contributed by atoms with van der Waals surface area (Å²) in [5, 5.41) is 15.7. The normalized spacial score (nSPS) is 25.1. The lowest BCUT2D eigenvalue weighted by molar-refractivity contribution is -0.137. The fourth-order valence-corrected chi connectivity index (χ4v) is 4.90. The predicted molar refractivity (Wildman–Crippen MR) is 125 cm³/mol. The van der Waals surface area contributed by atoms with Crippen LogP contribution in [0.2, 0.25) is 0 Å². The number of urea groups is 1. The Morgan fingerprint density at radius 2 is 1.51 bits per heavy atom. The molecule has 2 aliphatic rings. The maximum atomic E-state index is 13.1. The van der Waals surface area contributed by atoms with E-state index in [0.29, 0.717) is 56.3 Å². The van der Waals surface area contributed by atoms with Crippen molar-refractivity contribution in [3.8, 4) is 0 Å². The molecule has 1 saturated carbocycles. The first-order chi connectivity index (χ1) is 16.7. The Bertz CT molecular complexity index is 1010. The first-order valence-corrected chi connectivity index (χ1v) is 12.0. The van der Waals surface area contributed by atoms with E-state index < -0.39 is 11.7 Å². The molecule has 2 unspecified atom stereocenters. The summed E-state index contributed by atoms with van der Waals surface area (Å²) in [6.07, 6.45) is -1.60. The van der Waals surface area contributed by atoms with Crippen molar-refractivity contribution in [3.05, 3.63) is 71.3 Å². The van der Waals surface area contributed by atoms with Crippen LogP contribution in [-0.4, -0.2) is 53.2 Å². The van der Waals surface area contributed by atoms with Crippen LogP contribution in [0.25, 0.3) is 0 Å². The van der Waals surface area contributed by atoms with Gasteiger partial charge in [0, 0.05) is 36.7 Å². The number of rotatable bonds is 4. The van der Waals surface area contributed by atoms with Crippen molar-refractivity contribution in [2.75, 3.05) is 13.1 Å². The molecular formula is C26H30F3N3O3. The number of carbonyl (C=O) groups excluding carboxylic acids is 2. The number of amides is 3. The lowest BCUT2D eigenvalue weighted by Gasteiger charge is -2.39. The zero-order chi connectivity index (χ0) is 25.0. The first-order valence-electron chi connectivity index (χ1n) is 12.0. The van der Waals surface area contributed by atoms with Crippen LogP contribution in [0.4, 0.5) is 18.0 Å². The highest BCUT2D eigenvalue weighted by molar-refractivity contribution is 5.94. The van der Waals surface area contributed by atoms with E-state index >= 15 is 0 Å². The van der Waals surface area contributed by atoms with Crippen molar-refractivity contribution in [2.45, 2.75) is 62.4 Å². The Morgan fingerprint density at radius 3 is 2.14 bits per heavy atom. The fourth-order valence-electron chi connectivity index (χ4n) is 4.90. The quantitative estimate of drug-likeness (QED) is 0.599. The Balaban J connectivity index is 1.49. The molecule has 2 fully saturated rings. The molecule has 2 atom stereocenters. The summed E-state index contributed by atoms with van der Waals surface area (Å²) in [5.41, 5.74) is 0.469. The number of halogens is 3. The SMILES string of the molecule is O=C(NC1CC(c2ccc(C(F)(F)F)cc2)CN(C(=O)NC2CCC(O)CC2)C1)c1ccccc1. The Kier molecular flexibility index (Phi) is 7.64. The summed E-state index contributed by atoms with van der Waals surface area (Å²) in [6, 6.07) is 13.1. The van der Waals surface area contributed by atoms with Gasteiger partial charge in [-0.2, -0.15) is 13.2 Å². The van der Waals surface area contributed by atoms with Crippen LogP contribution in [0.5, 0.6) is 0 Å². The van der Waals surface area contributed by atoms with Crippen LogP contribution in [0.1, 0.15) is 59.5 Å². The van der Waals surface area contributed by atoms with E-state index in [1.54, 1.807) is 29.2 Å². The fraction of sp³-hybridized carbons (Fsp3) is 0.462. The van der Waals surface area contributed by atoms with E-state index in [2.05, 4.69) is 10.6 Å². The summed E-state index contributed by atoms with van der Waals surface area (Å²) in [6.45, 7) is 0.640. The minimum absolute atomic E-state index is 0.0327. The number of hydrogen-bond donors (Lipinski definition) is 3. The number of likely N-dealkylation sites (tertiary alicyclic amines) is 1. The Morgan fingerprint density at radius 1 is 0.857 bits per heavy atom. The summed E-state index contributed by atoms with van der Waals surface area (Å²) in [4.78, 5) is 27.5. The van der Waals surface area contributed by atoms with Gasteiger partial charge >= 0.3 is 12.2 Å². The summed E-state index contributed by atoms with van der Waals surface area (Å²) >= 11 is 0. The number of aliphatic hydroxyl groups excluding tert-OH is 1. The number of piperidine rings is 1. The van der Waals surface area contributed by atoms with Gasteiger partial charge in [-0.15, -0.1) is 0 Å². The molecule has 1 aliphatic carbocycles. The highest BCUT2D eigenvalue weighted by atomic mass is 19.4. The average Bonchev–Trinajstić information content (AvgIpc) is 2.85. The van der Waals surface area contributed by atoms with Gasteiger partial charge in [0.2, 0.25) is 0 Å². The van der Waals surface area contributed by atoms with Gasteiger partial charge in [-0.1, -0.05) is 30.3 Å². The zero-order valence-corrected chi connectivity index (χ0v) is 19.3. The van der Waals surface area contributed by atoms with Gasteiger partial charge in [-0.25, -0.2) is 4.79 Å². The third-order valence-electron chi connectivity index (χ3n) is 6.84. The second-order valence-corrected chi connectivity index (χ2v) is 9.45. The molecule has 3 N–H and O–H groups in total. The van der Waals surface area contributed by atoms with E-state index in [1.165, 1.54) is 12.1 Å². The molecule has 4 rings (SSSR count). The number of aliphatic hydroxyl groups is 1. The molecule has 2 aromatic carbocycles. The highest BCUT2D eigenvalue weighted by Gasteiger charge is 2.34. The minimum Gasteiger partial charge on any atom is -0.393 e. The smallest absolute Gasteiger partial charge is 0.393 e. The standard InChI is InChI=1S/C26H30F3N3O3/c27-26(28,29)20-8-6-17(7-9-20)19-14-22(30-24(34)18-4-2-1-3-5-18)16-32(15-19)25(35)31-21-10-12-23(33)13-11-21/h1-9,19,21-23,33H,10-16H2,(H,30,34)(H,31,35). The molecule has 1 heterocycles. The largest absolute Gasteiger partial charge is 0.416 e. The summed E-state index contributed by atoms with van der Waals surface area (Å²) in [5.74, 6) is -0.490. The number of hydrogen-bond acceptors (Lipinski definition) is 3. The first kappa shape index (κ1) is 25.0. The molecule has 0 spiro atoms. The lowest BCUT2D eigenvalue weighted by Crippen LogP contribution is -2.55. The van der Waals surface area contributed by atoms with Gasteiger partial charge in [0.1, 0.15) is 0 Å². The Hall–Kier alpha value is -3.07. The van der Waals surface area contributed by atoms with Crippen LogP contribution in [0.3, 0.4) is 0 Å². The van der Waals surface area contributed by atoms with Gasteiger partial charge in [0.05, 0.1) is 11.7 Å². The molecule has 188 valence electrons. The van der Waals surface area contributed by atoms with Gasteiger partial charge in [0.15, 0.2) is 0 Å². The van der Waals surface area contributed by atoms with E-state index in [1.807, 2.05) is 6.07 Å². The lowest BCUT2D eigenvalue weighted by atomic mass is 9.87. The molecule has 1 saturated heterocycles. The van der Waals surface area contributed by atoms with Crippen molar-refractivity contribution >= 4 is 11.9 Å². The van der Waals surface area contributed by atoms with Crippen molar-refractivity contribution in [3.63, 3.8) is 0 Å². The van der Waals surface area contributed by atoms with Crippen LogP contribution in [0, 0.1) is 0 Å². The number of nitrogens with zero attached hydrogens (tertiary/aromatic N) is 1. The monoisotopic (exact) mass is 489 g/mol. The molecule has 1 aliphatic heterocycles. The molecule has 0 bridgehead atoms. The third-order valence-corrected chi connectivity index (χ3v) is 6.84. The number of carbonyl (C=O) groups is 2. The highest BCUT2D eigenvalue weighted by Crippen LogP contribution is 2.33. The molecule has 0 aromatic heterocycles. The molecule has 2 aromatic rings. The number of nitrogens with one attached hydrogen (secondary N) is 2.